The highest BCUT2D eigenvalue weighted by atomic mass is 19.1. The van der Waals surface area contributed by atoms with Crippen molar-refractivity contribution in [3.05, 3.63) is 29.8 Å². The highest BCUT2D eigenvalue weighted by molar-refractivity contribution is 5.09. The fraction of sp³-hybridized carbons (Fsp3) is 0.688. The SMILES string of the molecule is NC(CCN(CCO)C1CCCCC1)c1ccc(F)cn1. The molecule has 0 saturated heterocycles. The van der Waals surface area contributed by atoms with E-state index in [4.69, 9.17) is 5.73 Å². The van der Waals surface area contributed by atoms with Gasteiger partial charge in [0.15, 0.2) is 0 Å². The molecule has 5 heteroatoms. The number of aromatic nitrogens is 1. The Morgan fingerprint density at radius 3 is 2.67 bits per heavy atom. The lowest BCUT2D eigenvalue weighted by Crippen LogP contribution is -2.40. The van der Waals surface area contributed by atoms with Crippen LogP contribution in [0.5, 0.6) is 0 Å². The van der Waals surface area contributed by atoms with Gasteiger partial charge in [-0.05, 0) is 31.4 Å². The van der Waals surface area contributed by atoms with Crippen molar-refractivity contribution in [2.24, 2.45) is 5.73 Å². The fourth-order valence-electron chi connectivity index (χ4n) is 3.11. The van der Waals surface area contributed by atoms with Crippen LogP contribution in [-0.4, -0.2) is 40.7 Å². The number of halogens is 1. The maximum atomic E-state index is 12.9. The molecule has 3 N–H and O–H groups in total. The van der Waals surface area contributed by atoms with Crippen LogP contribution in [0.3, 0.4) is 0 Å². The van der Waals surface area contributed by atoms with Gasteiger partial charge in [-0.2, -0.15) is 0 Å². The van der Waals surface area contributed by atoms with E-state index < -0.39 is 0 Å². The monoisotopic (exact) mass is 295 g/mol. The smallest absolute Gasteiger partial charge is 0.141 e. The second-order valence-corrected chi connectivity index (χ2v) is 5.85. The third kappa shape index (κ3) is 5.02. The highest BCUT2D eigenvalue weighted by Crippen LogP contribution is 2.23. The van der Waals surface area contributed by atoms with E-state index in [1.54, 1.807) is 6.07 Å². The number of rotatable bonds is 7. The van der Waals surface area contributed by atoms with Crippen molar-refractivity contribution in [1.29, 1.82) is 0 Å². The summed E-state index contributed by atoms with van der Waals surface area (Å²) in [5, 5.41) is 9.25. The largest absolute Gasteiger partial charge is 0.395 e. The molecule has 118 valence electrons. The van der Waals surface area contributed by atoms with Gasteiger partial charge in [-0.3, -0.25) is 9.88 Å². The van der Waals surface area contributed by atoms with Crippen molar-refractivity contribution in [2.75, 3.05) is 19.7 Å². The Balaban J connectivity index is 1.86. The maximum absolute atomic E-state index is 12.9. The van der Waals surface area contributed by atoms with Crippen molar-refractivity contribution < 1.29 is 9.50 Å². The van der Waals surface area contributed by atoms with Crippen LogP contribution in [0, 0.1) is 5.82 Å². The molecular weight excluding hydrogens is 269 g/mol. The van der Waals surface area contributed by atoms with Gasteiger partial charge in [0, 0.05) is 25.2 Å². The minimum absolute atomic E-state index is 0.181. The molecule has 0 aromatic carbocycles. The first-order chi connectivity index (χ1) is 10.2. The standard InChI is InChI=1S/C16H26FN3O/c17-13-6-7-16(19-12-13)15(18)8-9-20(10-11-21)14-4-2-1-3-5-14/h6-7,12,14-15,21H,1-5,8-11,18H2. The highest BCUT2D eigenvalue weighted by Gasteiger charge is 2.21. The van der Waals surface area contributed by atoms with E-state index in [1.807, 2.05) is 0 Å². The molecule has 0 bridgehead atoms. The van der Waals surface area contributed by atoms with Crippen LogP contribution in [0.2, 0.25) is 0 Å². The zero-order valence-corrected chi connectivity index (χ0v) is 12.5. The Morgan fingerprint density at radius 1 is 1.29 bits per heavy atom. The Bertz CT molecular complexity index is 406. The van der Waals surface area contributed by atoms with Crippen LogP contribution >= 0.6 is 0 Å². The van der Waals surface area contributed by atoms with Gasteiger partial charge >= 0.3 is 0 Å². The number of aliphatic hydroxyl groups is 1. The molecule has 1 aliphatic rings. The van der Waals surface area contributed by atoms with E-state index >= 15 is 0 Å². The molecule has 1 atom stereocenters. The van der Waals surface area contributed by atoms with Crippen LogP contribution in [0.25, 0.3) is 0 Å². The molecule has 1 aromatic heterocycles. The van der Waals surface area contributed by atoms with E-state index in [9.17, 15) is 9.50 Å². The van der Waals surface area contributed by atoms with E-state index in [2.05, 4.69) is 9.88 Å². The normalized spacial score (nSPS) is 18.1. The molecule has 0 spiro atoms. The molecule has 1 aliphatic carbocycles. The first-order valence-corrected chi connectivity index (χ1v) is 7.92. The van der Waals surface area contributed by atoms with Crippen LogP contribution in [0.1, 0.15) is 50.3 Å². The molecule has 1 aromatic rings. The second kappa shape index (κ2) is 8.41. The number of aliphatic hydroxyl groups excluding tert-OH is 1. The Kier molecular flexibility index (Phi) is 6.54. The molecule has 0 radical (unpaired) electrons. The van der Waals surface area contributed by atoms with Crippen molar-refractivity contribution >= 4 is 0 Å². The van der Waals surface area contributed by atoms with E-state index in [0.29, 0.717) is 12.6 Å². The lowest BCUT2D eigenvalue weighted by atomic mass is 9.94. The summed E-state index contributed by atoms with van der Waals surface area (Å²) in [5.74, 6) is -0.338. The van der Waals surface area contributed by atoms with Crippen molar-refractivity contribution in [3.63, 3.8) is 0 Å². The summed E-state index contributed by atoms with van der Waals surface area (Å²) in [6.45, 7) is 1.74. The minimum atomic E-state index is -0.338. The Morgan fingerprint density at radius 2 is 2.05 bits per heavy atom. The number of pyridine rings is 1. The number of nitrogens with zero attached hydrogens (tertiary/aromatic N) is 2. The summed E-state index contributed by atoms with van der Waals surface area (Å²) in [4.78, 5) is 6.40. The molecule has 1 fully saturated rings. The quantitative estimate of drug-likeness (QED) is 0.810. The molecule has 0 aliphatic heterocycles. The minimum Gasteiger partial charge on any atom is -0.395 e. The van der Waals surface area contributed by atoms with Crippen LogP contribution < -0.4 is 5.73 Å². The molecular formula is C16H26FN3O. The Labute approximate surface area is 126 Å². The second-order valence-electron chi connectivity index (χ2n) is 5.85. The van der Waals surface area contributed by atoms with Crippen molar-refractivity contribution in [1.82, 2.24) is 9.88 Å². The van der Waals surface area contributed by atoms with Gasteiger partial charge in [-0.25, -0.2) is 4.39 Å². The molecule has 1 saturated carbocycles. The van der Waals surface area contributed by atoms with E-state index in [0.717, 1.165) is 18.7 Å². The van der Waals surface area contributed by atoms with Gasteiger partial charge in [0.05, 0.1) is 18.5 Å². The summed E-state index contributed by atoms with van der Waals surface area (Å²) in [6.07, 6.45) is 8.28. The summed E-state index contributed by atoms with van der Waals surface area (Å²) < 4.78 is 12.9. The van der Waals surface area contributed by atoms with Gasteiger partial charge in [0.25, 0.3) is 0 Å². The molecule has 1 heterocycles. The molecule has 4 nitrogen and oxygen atoms in total. The average Bonchev–Trinajstić information content (AvgIpc) is 2.52. The lowest BCUT2D eigenvalue weighted by molar-refractivity contribution is 0.120. The predicted molar refractivity (Wildman–Crippen MR) is 81.3 cm³/mol. The Hall–Kier alpha value is -1.04. The molecule has 21 heavy (non-hydrogen) atoms. The summed E-state index contributed by atoms with van der Waals surface area (Å²) in [7, 11) is 0. The number of hydrogen-bond donors (Lipinski definition) is 2. The van der Waals surface area contributed by atoms with Gasteiger partial charge in [-0.15, -0.1) is 0 Å². The maximum Gasteiger partial charge on any atom is 0.141 e. The first-order valence-electron chi connectivity index (χ1n) is 7.92. The summed E-state index contributed by atoms with van der Waals surface area (Å²) >= 11 is 0. The van der Waals surface area contributed by atoms with Gasteiger partial charge in [-0.1, -0.05) is 19.3 Å². The molecule has 2 rings (SSSR count). The van der Waals surface area contributed by atoms with Crippen LogP contribution in [0.15, 0.2) is 18.3 Å². The van der Waals surface area contributed by atoms with Gasteiger partial charge in [0.2, 0.25) is 0 Å². The zero-order chi connectivity index (χ0) is 15.1. The summed E-state index contributed by atoms with van der Waals surface area (Å²) in [6, 6.07) is 3.43. The van der Waals surface area contributed by atoms with Gasteiger partial charge < -0.3 is 10.8 Å². The lowest BCUT2D eigenvalue weighted by Gasteiger charge is -2.34. The number of hydrogen-bond acceptors (Lipinski definition) is 4. The topological polar surface area (TPSA) is 62.4 Å². The molecule has 0 amide bonds. The summed E-state index contributed by atoms with van der Waals surface area (Å²) in [5.41, 5.74) is 6.87. The van der Waals surface area contributed by atoms with Crippen LogP contribution in [-0.2, 0) is 0 Å². The van der Waals surface area contributed by atoms with Crippen molar-refractivity contribution in [2.45, 2.75) is 50.6 Å². The van der Waals surface area contributed by atoms with Crippen LogP contribution in [0.4, 0.5) is 4.39 Å². The number of nitrogens with two attached hydrogens (primary N) is 1. The van der Waals surface area contributed by atoms with E-state index in [1.165, 1.54) is 44.4 Å². The van der Waals surface area contributed by atoms with E-state index in [-0.39, 0.29) is 18.5 Å². The van der Waals surface area contributed by atoms with Gasteiger partial charge in [0.1, 0.15) is 5.82 Å². The molecule has 1 unspecified atom stereocenters. The predicted octanol–water partition coefficient (Wildman–Crippen LogP) is 2.24. The third-order valence-electron chi connectivity index (χ3n) is 4.34. The van der Waals surface area contributed by atoms with Crippen molar-refractivity contribution in [3.8, 4) is 0 Å². The zero-order valence-electron chi connectivity index (χ0n) is 12.5. The third-order valence-corrected chi connectivity index (χ3v) is 4.34. The fourth-order valence-corrected chi connectivity index (χ4v) is 3.11. The average molecular weight is 295 g/mol. The first kappa shape index (κ1) is 16.3.